The van der Waals surface area contributed by atoms with Crippen LogP contribution in [-0.2, 0) is 6.54 Å². The third-order valence-corrected chi connectivity index (χ3v) is 8.97. The molecule has 3 aromatic rings. The van der Waals surface area contributed by atoms with E-state index in [-0.39, 0.29) is 0 Å². The van der Waals surface area contributed by atoms with Crippen molar-refractivity contribution < 1.29 is 10.0 Å². The molecule has 0 amide bonds. The molecule has 4 atom stereocenters. The zero-order valence-corrected chi connectivity index (χ0v) is 19.5. The first-order valence-electron chi connectivity index (χ1n) is 11.1. The second kappa shape index (κ2) is 7.13. The van der Waals surface area contributed by atoms with Gasteiger partial charge in [0, 0.05) is 43.2 Å². The van der Waals surface area contributed by atoms with Crippen molar-refractivity contribution in [3.63, 3.8) is 0 Å². The summed E-state index contributed by atoms with van der Waals surface area (Å²) in [5, 5.41) is 14.7. The van der Waals surface area contributed by atoms with E-state index in [0.29, 0.717) is 27.4 Å². The Morgan fingerprint density at radius 3 is 2.23 bits per heavy atom. The fourth-order valence-corrected chi connectivity index (χ4v) is 6.67. The molecule has 1 aromatic heterocycles. The van der Waals surface area contributed by atoms with Crippen LogP contribution >= 0.6 is 23.2 Å². The molecule has 5 rings (SSSR count). The van der Waals surface area contributed by atoms with Crippen LogP contribution in [0.1, 0.15) is 33.6 Å². The molecule has 2 bridgehead atoms. The lowest BCUT2D eigenvalue weighted by Crippen LogP contribution is -3.16. The highest BCUT2D eigenvalue weighted by Crippen LogP contribution is 2.56. The first-order chi connectivity index (χ1) is 14.2. The Balaban J connectivity index is 1.42. The minimum atomic E-state index is -0.394. The van der Waals surface area contributed by atoms with Crippen molar-refractivity contribution in [3.8, 4) is 0 Å². The summed E-state index contributed by atoms with van der Waals surface area (Å²) in [6.07, 6.45) is 2.25. The van der Waals surface area contributed by atoms with Gasteiger partial charge in [-0.3, -0.25) is 0 Å². The van der Waals surface area contributed by atoms with Crippen molar-refractivity contribution in [2.45, 2.75) is 46.3 Å². The van der Waals surface area contributed by atoms with E-state index in [4.69, 9.17) is 23.2 Å². The number of quaternary nitrogens is 1. The quantitative estimate of drug-likeness (QED) is 0.592. The Labute approximate surface area is 188 Å². The summed E-state index contributed by atoms with van der Waals surface area (Å²) in [7, 11) is 0. The number of halogens is 2. The van der Waals surface area contributed by atoms with Gasteiger partial charge in [0.05, 0.1) is 19.6 Å². The lowest BCUT2D eigenvalue weighted by Gasteiger charge is -2.48. The molecule has 2 fully saturated rings. The predicted octanol–water partition coefficient (Wildman–Crippen LogP) is 4.80. The maximum absolute atomic E-state index is 11.1. The fraction of sp³-hybridized carbons (Fsp3) is 0.520. The van der Waals surface area contributed by atoms with E-state index in [1.54, 1.807) is 4.90 Å². The molecule has 0 spiro atoms. The molecule has 2 aliphatic rings. The summed E-state index contributed by atoms with van der Waals surface area (Å²) < 4.78 is 2.23. The smallest absolute Gasteiger partial charge is 0.121 e. The van der Waals surface area contributed by atoms with E-state index < -0.39 is 6.10 Å². The van der Waals surface area contributed by atoms with Crippen LogP contribution < -0.4 is 4.90 Å². The maximum Gasteiger partial charge on any atom is 0.121 e. The van der Waals surface area contributed by atoms with E-state index in [0.717, 1.165) is 40.8 Å². The Hall–Kier alpha value is -1.26. The number of aromatic nitrogens is 1. The van der Waals surface area contributed by atoms with Crippen molar-refractivity contribution in [1.82, 2.24) is 4.57 Å². The van der Waals surface area contributed by atoms with Gasteiger partial charge in [-0.1, -0.05) is 44.0 Å². The van der Waals surface area contributed by atoms with E-state index >= 15 is 0 Å². The summed E-state index contributed by atoms with van der Waals surface area (Å²) >= 11 is 12.6. The van der Waals surface area contributed by atoms with Gasteiger partial charge < -0.3 is 14.6 Å². The molecule has 2 aromatic carbocycles. The second-order valence-corrected chi connectivity index (χ2v) is 11.3. The predicted molar refractivity (Wildman–Crippen MR) is 126 cm³/mol. The minimum absolute atomic E-state index is 0.380. The highest BCUT2D eigenvalue weighted by Gasteiger charge is 2.57. The van der Waals surface area contributed by atoms with Crippen LogP contribution in [0.3, 0.4) is 0 Å². The van der Waals surface area contributed by atoms with Crippen molar-refractivity contribution >= 4 is 45.0 Å². The van der Waals surface area contributed by atoms with Crippen LogP contribution in [-0.4, -0.2) is 35.4 Å². The molecule has 0 radical (unpaired) electrons. The lowest BCUT2D eigenvalue weighted by atomic mass is 9.63. The molecule has 2 heterocycles. The molecule has 30 heavy (non-hydrogen) atoms. The minimum Gasteiger partial charge on any atom is -0.385 e. The average Bonchev–Trinajstić information content (AvgIpc) is 2.97. The van der Waals surface area contributed by atoms with Crippen LogP contribution in [0.15, 0.2) is 36.4 Å². The van der Waals surface area contributed by atoms with Crippen LogP contribution in [0.4, 0.5) is 0 Å². The molecule has 1 saturated carbocycles. The SMILES string of the molecule is CC1(C)[C@@H]2CC[C@@]1(C)C[NH+](C[C@H](O)Cn1c3ccc(Cl)cc3c3cc(Cl)ccc31)C2. The number of aliphatic hydroxyl groups is 1. The number of fused-ring (bicyclic) bond motifs is 5. The van der Waals surface area contributed by atoms with Crippen LogP contribution in [0.5, 0.6) is 0 Å². The highest BCUT2D eigenvalue weighted by atomic mass is 35.5. The van der Waals surface area contributed by atoms with Gasteiger partial charge >= 0.3 is 0 Å². The van der Waals surface area contributed by atoms with Gasteiger partial charge in [-0.25, -0.2) is 0 Å². The number of aliphatic hydroxyl groups excluding tert-OH is 1. The molecule has 1 saturated heterocycles. The monoisotopic (exact) mass is 445 g/mol. The summed E-state index contributed by atoms with van der Waals surface area (Å²) in [5.74, 6) is 0.760. The molecule has 160 valence electrons. The molecule has 3 nitrogen and oxygen atoms in total. The molecule has 1 aliphatic carbocycles. The summed E-state index contributed by atoms with van der Waals surface area (Å²) in [5.41, 5.74) is 2.98. The summed E-state index contributed by atoms with van der Waals surface area (Å²) in [6, 6.07) is 11.9. The number of benzene rings is 2. The molecule has 2 N–H and O–H groups in total. The lowest BCUT2D eigenvalue weighted by molar-refractivity contribution is -0.921. The highest BCUT2D eigenvalue weighted by molar-refractivity contribution is 6.33. The number of hydrogen-bond donors (Lipinski definition) is 2. The topological polar surface area (TPSA) is 29.6 Å². The number of nitrogens with zero attached hydrogens (tertiary/aromatic N) is 1. The van der Waals surface area contributed by atoms with Crippen LogP contribution in [0.25, 0.3) is 21.8 Å². The van der Waals surface area contributed by atoms with Crippen LogP contribution in [0.2, 0.25) is 10.0 Å². The number of hydrogen-bond acceptors (Lipinski definition) is 1. The maximum atomic E-state index is 11.1. The molecular weight excluding hydrogens is 415 g/mol. The Kier molecular flexibility index (Phi) is 4.90. The zero-order chi connectivity index (χ0) is 21.3. The zero-order valence-electron chi connectivity index (χ0n) is 18.0. The number of piperidine rings is 1. The van der Waals surface area contributed by atoms with Crippen molar-refractivity contribution in [2.75, 3.05) is 19.6 Å². The van der Waals surface area contributed by atoms with Crippen LogP contribution in [0, 0.1) is 16.7 Å². The Bertz CT molecular complexity index is 1060. The van der Waals surface area contributed by atoms with Crippen molar-refractivity contribution in [2.24, 2.45) is 16.7 Å². The third kappa shape index (κ3) is 3.17. The first kappa shape index (κ1) is 20.6. The van der Waals surface area contributed by atoms with Crippen molar-refractivity contribution in [1.29, 1.82) is 0 Å². The standard InChI is InChI=1S/C25H30Cl2N2O/c1-24(2)16-8-9-25(24,3)15-28(12-16)13-19(30)14-29-22-6-4-17(26)10-20(22)21-11-18(27)5-7-23(21)29/h4-7,10-11,16,19,30H,8-9,12-15H2,1-3H3/p+1/t16-,19+,25+/m1/s1. The van der Waals surface area contributed by atoms with Gasteiger partial charge in [-0.15, -0.1) is 0 Å². The first-order valence-corrected chi connectivity index (χ1v) is 11.8. The van der Waals surface area contributed by atoms with E-state index in [2.05, 4.69) is 37.5 Å². The summed E-state index contributed by atoms with van der Waals surface area (Å²) in [4.78, 5) is 1.55. The number of nitrogens with one attached hydrogen (secondary N) is 1. The van der Waals surface area contributed by atoms with Gasteiger partial charge in [0.1, 0.15) is 12.6 Å². The summed E-state index contributed by atoms with van der Waals surface area (Å²) in [6.45, 7) is 11.1. The van der Waals surface area contributed by atoms with E-state index in [9.17, 15) is 5.11 Å². The molecule has 1 unspecified atom stereocenters. The van der Waals surface area contributed by atoms with Crippen molar-refractivity contribution in [3.05, 3.63) is 46.4 Å². The van der Waals surface area contributed by atoms with Gasteiger partial charge in [-0.05, 0) is 54.7 Å². The second-order valence-electron chi connectivity index (χ2n) is 10.4. The van der Waals surface area contributed by atoms with E-state index in [1.165, 1.54) is 19.4 Å². The van der Waals surface area contributed by atoms with E-state index in [1.807, 2.05) is 24.3 Å². The number of likely N-dealkylation sites (tertiary alicyclic amines) is 1. The number of rotatable bonds is 4. The van der Waals surface area contributed by atoms with Gasteiger partial charge in [0.15, 0.2) is 0 Å². The Morgan fingerprint density at radius 1 is 1.07 bits per heavy atom. The normalized spacial score (nSPS) is 29.0. The average molecular weight is 446 g/mol. The Morgan fingerprint density at radius 2 is 1.67 bits per heavy atom. The van der Waals surface area contributed by atoms with Gasteiger partial charge in [-0.2, -0.15) is 0 Å². The fourth-order valence-electron chi connectivity index (χ4n) is 6.32. The third-order valence-electron chi connectivity index (χ3n) is 8.50. The molecule has 5 heteroatoms. The molecular formula is C25H31Cl2N2O+. The van der Waals surface area contributed by atoms with Gasteiger partial charge in [0.25, 0.3) is 0 Å². The molecule has 1 aliphatic heterocycles. The van der Waals surface area contributed by atoms with Gasteiger partial charge in [0.2, 0.25) is 0 Å². The largest absolute Gasteiger partial charge is 0.385 e.